The minimum absolute atomic E-state index is 0.328. The Morgan fingerprint density at radius 1 is 1.03 bits per heavy atom. The molecule has 0 bridgehead atoms. The Balaban J connectivity index is 1.89. The van der Waals surface area contributed by atoms with Crippen molar-refractivity contribution < 1.29 is 23.8 Å². The van der Waals surface area contributed by atoms with Crippen LogP contribution >= 0.6 is 0 Å². The van der Waals surface area contributed by atoms with Gasteiger partial charge < -0.3 is 14.2 Å². The largest absolute Gasteiger partial charge is 0.493 e. The van der Waals surface area contributed by atoms with Gasteiger partial charge in [0, 0.05) is 6.08 Å². The Bertz CT molecular complexity index is 924. The lowest BCUT2D eigenvalue weighted by Crippen LogP contribution is -2.39. The van der Waals surface area contributed by atoms with Gasteiger partial charge in [-0.05, 0) is 41.8 Å². The monoisotopic (exact) mass is 393 g/mol. The maximum Gasteiger partial charge on any atom is 0.254 e. The number of carbonyl (C=O) groups is 2. The van der Waals surface area contributed by atoms with Gasteiger partial charge in [-0.15, -0.1) is 0 Å². The number of ether oxygens (including phenoxy) is 3. The van der Waals surface area contributed by atoms with Crippen LogP contribution in [0.25, 0.3) is 6.08 Å². The number of hydrogen-bond donors (Lipinski definition) is 0. The fourth-order valence-corrected chi connectivity index (χ4v) is 3.31. The van der Waals surface area contributed by atoms with Crippen molar-refractivity contribution in [2.24, 2.45) is 0 Å². The number of imide groups is 1. The minimum atomic E-state index is -0.387. The summed E-state index contributed by atoms with van der Waals surface area (Å²) in [6.07, 6.45) is 6.82. The van der Waals surface area contributed by atoms with Gasteiger partial charge in [0.25, 0.3) is 11.8 Å². The van der Waals surface area contributed by atoms with Crippen molar-refractivity contribution in [1.82, 2.24) is 4.90 Å². The molecule has 1 unspecified atom stereocenters. The molecule has 0 radical (unpaired) electrons. The molecule has 0 spiro atoms. The molecule has 29 heavy (non-hydrogen) atoms. The zero-order chi connectivity index (χ0) is 20.8. The molecular weight excluding hydrogens is 370 g/mol. The van der Waals surface area contributed by atoms with Crippen molar-refractivity contribution in [2.75, 3.05) is 21.3 Å². The van der Waals surface area contributed by atoms with E-state index in [1.54, 1.807) is 24.3 Å². The molecule has 0 saturated heterocycles. The highest BCUT2D eigenvalue weighted by Gasteiger charge is 2.30. The molecule has 3 rings (SSSR count). The fourth-order valence-electron chi connectivity index (χ4n) is 3.31. The van der Waals surface area contributed by atoms with Crippen LogP contribution in [0, 0.1) is 0 Å². The molecular formula is C23H23NO5. The van der Waals surface area contributed by atoms with Crippen molar-refractivity contribution in [3.05, 3.63) is 71.8 Å². The molecule has 2 amide bonds. The maximum absolute atomic E-state index is 12.9. The molecule has 150 valence electrons. The number of rotatable bonds is 6. The van der Waals surface area contributed by atoms with E-state index < -0.39 is 0 Å². The van der Waals surface area contributed by atoms with Gasteiger partial charge in [0.05, 0.1) is 27.4 Å². The van der Waals surface area contributed by atoms with Crippen LogP contribution in [-0.2, 0) is 9.59 Å². The molecule has 0 N–H and O–H groups in total. The molecule has 1 heterocycles. The zero-order valence-electron chi connectivity index (χ0n) is 16.6. The average molecular weight is 393 g/mol. The molecule has 1 aliphatic heterocycles. The van der Waals surface area contributed by atoms with Gasteiger partial charge in [0.2, 0.25) is 5.75 Å². The topological polar surface area (TPSA) is 65.1 Å². The number of hydrogen-bond acceptors (Lipinski definition) is 5. The van der Waals surface area contributed by atoms with Crippen molar-refractivity contribution in [2.45, 2.75) is 12.5 Å². The van der Waals surface area contributed by atoms with Gasteiger partial charge in [0.15, 0.2) is 11.5 Å². The van der Waals surface area contributed by atoms with Gasteiger partial charge in [-0.3, -0.25) is 14.5 Å². The van der Waals surface area contributed by atoms with E-state index in [2.05, 4.69) is 0 Å². The lowest BCUT2D eigenvalue weighted by atomic mass is 9.98. The summed E-state index contributed by atoms with van der Waals surface area (Å²) >= 11 is 0. The second-order valence-corrected chi connectivity index (χ2v) is 6.40. The minimum Gasteiger partial charge on any atom is -0.493 e. The molecule has 2 aromatic rings. The van der Waals surface area contributed by atoms with Gasteiger partial charge in [0.1, 0.15) is 0 Å². The normalized spacial score (nSPS) is 16.2. The Kier molecular flexibility index (Phi) is 6.34. The molecule has 6 heteroatoms. The average Bonchev–Trinajstić information content (AvgIpc) is 2.76. The molecule has 0 fully saturated rings. The quantitative estimate of drug-likeness (QED) is 0.699. The summed E-state index contributed by atoms with van der Waals surface area (Å²) in [5, 5.41) is 0. The van der Waals surface area contributed by atoms with Crippen LogP contribution in [0.1, 0.15) is 23.6 Å². The molecule has 2 aromatic carbocycles. The summed E-state index contributed by atoms with van der Waals surface area (Å²) in [6.45, 7) is 0. The van der Waals surface area contributed by atoms with E-state index in [-0.39, 0.29) is 17.9 Å². The Labute approximate surface area is 170 Å². The van der Waals surface area contributed by atoms with Crippen LogP contribution in [0.4, 0.5) is 0 Å². The number of benzene rings is 2. The van der Waals surface area contributed by atoms with Gasteiger partial charge in [-0.25, -0.2) is 0 Å². The Hall–Kier alpha value is -3.54. The second-order valence-electron chi connectivity index (χ2n) is 6.40. The Morgan fingerprint density at radius 3 is 2.28 bits per heavy atom. The molecule has 1 aliphatic rings. The first kappa shape index (κ1) is 20.2. The lowest BCUT2D eigenvalue weighted by Gasteiger charge is -2.30. The van der Waals surface area contributed by atoms with Crippen LogP contribution in [0.15, 0.2) is 60.7 Å². The number of nitrogens with zero attached hydrogens (tertiary/aromatic N) is 1. The summed E-state index contributed by atoms with van der Waals surface area (Å²) < 4.78 is 16.0. The highest BCUT2D eigenvalue weighted by molar-refractivity contribution is 6.07. The SMILES string of the molecule is COc1cc(/C=C/C(=O)N2C(=O)C=CCC2c2ccccc2)cc(OC)c1OC. The predicted octanol–water partition coefficient (Wildman–Crippen LogP) is 3.78. The van der Waals surface area contributed by atoms with E-state index >= 15 is 0 Å². The third kappa shape index (κ3) is 4.32. The van der Waals surface area contributed by atoms with E-state index in [0.717, 1.165) is 5.56 Å². The van der Waals surface area contributed by atoms with E-state index in [1.165, 1.54) is 38.4 Å². The highest BCUT2D eigenvalue weighted by Crippen LogP contribution is 2.38. The predicted molar refractivity (Wildman–Crippen MR) is 110 cm³/mol. The highest BCUT2D eigenvalue weighted by atomic mass is 16.5. The van der Waals surface area contributed by atoms with Crippen LogP contribution in [0.3, 0.4) is 0 Å². The lowest BCUT2D eigenvalue weighted by molar-refractivity contribution is -0.142. The standard InChI is InChI=1S/C23H23NO5/c1-27-19-14-16(15-20(28-2)23(19)29-3)12-13-22(26)24-18(10-7-11-21(24)25)17-8-5-4-6-9-17/h4-9,11-15,18H,10H2,1-3H3/b13-12+. The van der Waals surface area contributed by atoms with Crippen molar-refractivity contribution in [3.63, 3.8) is 0 Å². The maximum atomic E-state index is 12.9. The molecule has 0 aromatic heterocycles. The van der Waals surface area contributed by atoms with Crippen molar-refractivity contribution in [1.29, 1.82) is 0 Å². The van der Waals surface area contributed by atoms with Gasteiger partial charge in [-0.2, -0.15) is 0 Å². The molecule has 0 saturated carbocycles. The summed E-state index contributed by atoms with van der Waals surface area (Å²) in [6, 6.07) is 12.7. The fraction of sp³-hybridized carbons (Fsp3) is 0.217. The number of carbonyl (C=O) groups excluding carboxylic acids is 2. The van der Waals surface area contributed by atoms with E-state index in [9.17, 15) is 9.59 Å². The molecule has 0 aliphatic carbocycles. The van der Waals surface area contributed by atoms with Gasteiger partial charge in [-0.1, -0.05) is 36.4 Å². The van der Waals surface area contributed by atoms with Crippen LogP contribution < -0.4 is 14.2 Å². The summed E-state index contributed by atoms with van der Waals surface area (Å²) in [4.78, 5) is 26.6. The first-order valence-corrected chi connectivity index (χ1v) is 9.15. The number of amides is 2. The van der Waals surface area contributed by atoms with Crippen LogP contribution in [-0.4, -0.2) is 38.0 Å². The van der Waals surface area contributed by atoms with Crippen molar-refractivity contribution >= 4 is 17.9 Å². The van der Waals surface area contributed by atoms with Crippen molar-refractivity contribution in [3.8, 4) is 17.2 Å². The van der Waals surface area contributed by atoms with Gasteiger partial charge >= 0.3 is 0 Å². The first-order chi connectivity index (χ1) is 14.1. The summed E-state index contributed by atoms with van der Waals surface area (Å²) in [5.41, 5.74) is 1.60. The summed E-state index contributed by atoms with van der Waals surface area (Å²) in [7, 11) is 4.58. The van der Waals surface area contributed by atoms with Crippen LogP contribution in [0.2, 0.25) is 0 Å². The third-order valence-corrected chi connectivity index (χ3v) is 4.70. The zero-order valence-corrected chi connectivity index (χ0v) is 16.6. The first-order valence-electron chi connectivity index (χ1n) is 9.15. The van der Waals surface area contributed by atoms with E-state index in [0.29, 0.717) is 29.2 Å². The Morgan fingerprint density at radius 2 is 1.69 bits per heavy atom. The molecule has 1 atom stereocenters. The smallest absolute Gasteiger partial charge is 0.254 e. The third-order valence-electron chi connectivity index (χ3n) is 4.70. The summed E-state index contributed by atoms with van der Waals surface area (Å²) in [5.74, 6) is 0.724. The number of methoxy groups -OCH3 is 3. The van der Waals surface area contributed by atoms with E-state index in [1.807, 2.05) is 30.3 Å². The molecule has 6 nitrogen and oxygen atoms in total. The van der Waals surface area contributed by atoms with E-state index in [4.69, 9.17) is 14.2 Å². The second kappa shape index (κ2) is 9.10. The van der Waals surface area contributed by atoms with Crippen LogP contribution in [0.5, 0.6) is 17.2 Å².